The van der Waals surface area contributed by atoms with Crippen LogP contribution in [0.3, 0.4) is 0 Å². The average molecular weight is 220 g/mol. The molecule has 0 atom stereocenters. The van der Waals surface area contributed by atoms with Gasteiger partial charge in [0, 0.05) is 25.4 Å². The largest absolute Gasteiger partial charge is 0.360 e. The Morgan fingerprint density at radius 2 is 2.19 bits per heavy atom. The monoisotopic (exact) mass is 220 g/mol. The minimum Gasteiger partial charge on any atom is -0.360 e. The van der Waals surface area contributed by atoms with Gasteiger partial charge in [0.15, 0.2) is 5.78 Å². The number of ketones is 1. The molecule has 0 aliphatic carbocycles. The molecular weight excluding hydrogens is 200 g/mol. The van der Waals surface area contributed by atoms with Crippen molar-refractivity contribution in [2.24, 2.45) is 5.92 Å². The zero-order valence-electron chi connectivity index (χ0n) is 10.5. The van der Waals surface area contributed by atoms with Gasteiger partial charge in [0.1, 0.15) is 5.82 Å². The van der Waals surface area contributed by atoms with E-state index in [2.05, 4.69) is 23.7 Å². The van der Waals surface area contributed by atoms with E-state index < -0.39 is 0 Å². The van der Waals surface area contributed by atoms with Gasteiger partial charge in [-0.1, -0.05) is 13.8 Å². The zero-order chi connectivity index (χ0) is 12.1. The zero-order valence-corrected chi connectivity index (χ0v) is 10.5. The molecule has 1 aromatic heterocycles. The van der Waals surface area contributed by atoms with Gasteiger partial charge in [0.25, 0.3) is 0 Å². The van der Waals surface area contributed by atoms with Crippen molar-refractivity contribution in [3.8, 4) is 0 Å². The van der Waals surface area contributed by atoms with Crippen molar-refractivity contribution in [2.75, 3.05) is 18.5 Å². The van der Waals surface area contributed by atoms with Crippen LogP contribution in [-0.2, 0) is 0 Å². The minimum absolute atomic E-state index is 0.0842. The van der Waals surface area contributed by atoms with Crippen LogP contribution in [-0.4, -0.2) is 24.4 Å². The number of nitrogens with zero attached hydrogens (tertiary/aromatic N) is 2. The van der Waals surface area contributed by atoms with Gasteiger partial charge in [0.05, 0.1) is 0 Å². The highest BCUT2D eigenvalue weighted by Gasteiger charge is 2.06. The van der Waals surface area contributed by atoms with Crippen LogP contribution in [0.5, 0.6) is 0 Å². The second-order valence-electron chi connectivity index (χ2n) is 4.56. The summed E-state index contributed by atoms with van der Waals surface area (Å²) in [5, 5.41) is 0. The number of aromatic nitrogens is 1. The highest BCUT2D eigenvalue weighted by Crippen LogP contribution is 2.13. The predicted octanol–water partition coefficient (Wildman–Crippen LogP) is 2.77. The fraction of sp³-hybridized carbons (Fsp3) is 0.538. The van der Waals surface area contributed by atoms with Gasteiger partial charge in [-0.05, 0) is 31.4 Å². The molecule has 0 saturated heterocycles. The van der Waals surface area contributed by atoms with Crippen molar-refractivity contribution in [1.29, 1.82) is 0 Å². The molecular formula is C13H20N2O. The molecule has 0 spiro atoms. The molecule has 0 aromatic carbocycles. The molecule has 0 aliphatic rings. The predicted molar refractivity (Wildman–Crippen MR) is 67.0 cm³/mol. The van der Waals surface area contributed by atoms with Crippen LogP contribution in [0.4, 0.5) is 5.82 Å². The lowest BCUT2D eigenvalue weighted by Gasteiger charge is -2.19. The topological polar surface area (TPSA) is 33.2 Å². The van der Waals surface area contributed by atoms with Crippen molar-refractivity contribution in [2.45, 2.75) is 27.2 Å². The summed E-state index contributed by atoms with van der Waals surface area (Å²) in [5.41, 5.74) is 0.724. The minimum atomic E-state index is 0.0842. The Labute approximate surface area is 97.5 Å². The number of pyridine rings is 1. The molecule has 0 saturated carbocycles. The second-order valence-corrected chi connectivity index (χ2v) is 4.56. The van der Waals surface area contributed by atoms with E-state index in [1.165, 1.54) is 0 Å². The van der Waals surface area contributed by atoms with E-state index in [9.17, 15) is 4.79 Å². The summed E-state index contributed by atoms with van der Waals surface area (Å²) in [7, 11) is 2.01. The lowest BCUT2D eigenvalue weighted by Crippen LogP contribution is -2.21. The van der Waals surface area contributed by atoms with Crippen molar-refractivity contribution in [3.05, 3.63) is 23.9 Å². The van der Waals surface area contributed by atoms with E-state index in [-0.39, 0.29) is 5.78 Å². The maximum absolute atomic E-state index is 11.2. The van der Waals surface area contributed by atoms with Gasteiger partial charge >= 0.3 is 0 Å². The quantitative estimate of drug-likeness (QED) is 0.715. The summed E-state index contributed by atoms with van der Waals surface area (Å²) in [6.45, 7) is 6.94. The van der Waals surface area contributed by atoms with Crippen molar-refractivity contribution >= 4 is 11.6 Å². The van der Waals surface area contributed by atoms with Crippen LogP contribution >= 0.6 is 0 Å². The lowest BCUT2D eigenvalue weighted by molar-refractivity contribution is 0.101. The number of carbonyl (C=O) groups is 1. The number of carbonyl (C=O) groups excluding carboxylic acids is 1. The smallest absolute Gasteiger partial charge is 0.159 e. The lowest BCUT2D eigenvalue weighted by atomic mass is 10.1. The normalized spacial score (nSPS) is 10.6. The molecule has 16 heavy (non-hydrogen) atoms. The Hall–Kier alpha value is -1.38. The van der Waals surface area contributed by atoms with Gasteiger partial charge in [-0.3, -0.25) is 4.79 Å². The Kier molecular flexibility index (Phi) is 4.47. The van der Waals surface area contributed by atoms with Crippen LogP contribution in [0.15, 0.2) is 18.3 Å². The van der Waals surface area contributed by atoms with Gasteiger partial charge in [-0.2, -0.15) is 0 Å². The number of hydrogen-bond acceptors (Lipinski definition) is 3. The summed E-state index contributed by atoms with van der Waals surface area (Å²) in [5.74, 6) is 1.63. The summed E-state index contributed by atoms with van der Waals surface area (Å²) in [6, 6.07) is 3.60. The van der Waals surface area contributed by atoms with E-state index in [0.29, 0.717) is 5.92 Å². The molecule has 1 heterocycles. The first-order chi connectivity index (χ1) is 7.50. The van der Waals surface area contributed by atoms with Gasteiger partial charge in [-0.15, -0.1) is 0 Å². The first-order valence-corrected chi connectivity index (χ1v) is 5.69. The summed E-state index contributed by atoms with van der Waals surface area (Å²) in [4.78, 5) is 17.6. The molecule has 0 N–H and O–H groups in total. The Morgan fingerprint density at radius 1 is 1.50 bits per heavy atom. The van der Waals surface area contributed by atoms with Crippen molar-refractivity contribution in [1.82, 2.24) is 4.98 Å². The van der Waals surface area contributed by atoms with Crippen LogP contribution < -0.4 is 4.90 Å². The molecule has 0 unspecified atom stereocenters. The second kappa shape index (κ2) is 5.64. The van der Waals surface area contributed by atoms with Crippen LogP contribution in [0, 0.1) is 5.92 Å². The first kappa shape index (κ1) is 12.7. The Morgan fingerprint density at radius 3 is 2.75 bits per heavy atom. The molecule has 1 rings (SSSR count). The van der Waals surface area contributed by atoms with E-state index in [4.69, 9.17) is 0 Å². The number of hydrogen-bond donors (Lipinski definition) is 0. The first-order valence-electron chi connectivity index (χ1n) is 5.69. The van der Waals surface area contributed by atoms with Gasteiger partial charge < -0.3 is 4.90 Å². The summed E-state index contributed by atoms with van der Waals surface area (Å²) >= 11 is 0. The number of anilines is 1. The fourth-order valence-electron chi connectivity index (χ4n) is 1.41. The molecule has 0 aliphatic heterocycles. The Balaban J connectivity index is 2.71. The highest BCUT2D eigenvalue weighted by molar-refractivity contribution is 5.94. The SMILES string of the molecule is CC(=O)c1ccnc(N(C)CCC(C)C)c1. The molecule has 3 nitrogen and oxygen atoms in total. The van der Waals surface area contributed by atoms with Gasteiger partial charge in [0.2, 0.25) is 0 Å². The van der Waals surface area contributed by atoms with E-state index >= 15 is 0 Å². The third-order valence-electron chi connectivity index (χ3n) is 2.58. The molecule has 0 amide bonds. The third-order valence-corrected chi connectivity index (χ3v) is 2.58. The van der Waals surface area contributed by atoms with Crippen molar-refractivity contribution < 1.29 is 4.79 Å². The highest BCUT2D eigenvalue weighted by atomic mass is 16.1. The molecule has 0 bridgehead atoms. The summed E-state index contributed by atoms with van der Waals surface area (Å²) < 4.78 is 0. The van der Waals surface area contributed by atoms with Crippen LogP contribution in [0.25, 0.3) is 0 Å². The maximum atomic E-state index is 11.2. The molecule has 0 fully saturated rings. The number of rotatable bonds is 5. The third kappa shape index (κ3) is 3.65. The average Bonchev–Trinajstić information content (AvgIpc) is 2.26. The van der Waals surface area contributed by atoms with Crippen LogP contribution in [0.1, 0.15) is 37.6 Å². The molecule has 1 aromatic rings. The fourth-order valence-corrected chi connectivity index (χ4v) is 1.41. The van der Waals surface area contributed by atoms with Crippen LogP contribution in [0.2, 0.25) is 0 Å². The van der Waals surface area contributed by atoms with E-state index in [1.807, 2.05) is 13.1 Å². The molecule has 0 radical (unpaired) electrons. The van der Waals surface area contributed by atoms with Crippen molar-refractivity contribution in [3.63, 3.8) is 0 Å². The Bertz CT molecular complexity index is 361. The number of Topliss-reactive ketones (excluding diaryl/α,β-unsaturated/α-hetero) is 1. The standard InChI is InChI=1S/C13H20N2O/c1-10(2)6-8-15(4)13-9-12(11(3)16)5-7-14-13/h5,7,9-10H,6,8H2,1-4H3. The molecule has 3 heteroatoms. The molecule has 88 valence electrons. The van der Waals surface area contributed by atoms with Gasteiger partial charge in [-0.25, -0.2) is 4.98 Å². The van der Waals surface area contributed by atoms with E-state index in [0.717, 1.165) is 24.3 Å². The summed E-state index contributed by atoms with van der Waals surface area (Å²) in [6.07, 6.45) is 2.82. The van der Waals surface area contributed by atoms with E-state index in [1.54, 1.807) is 19.2 Å². The maximum Gasteiger partial charge on any atom is 0.159 e.